The number of ketones is 1. The predicted octanol–water partition coefficient (Wildman–Crippen LogP) is 6.04. The third-order valence-electron chi connectivity index (χ3n) is 4.15. The summed E-state index contributed by atoms with van der Waals surface area (Å²) >= 11 is 2.20. The van der Waals surface area contributed by atoms with Crippen molar-refractivity contribution in [1.29, 1.82) is 0 Å². The van der Waals surface area contributed by atoms with Crippen molar-refractivity contribution in [3.8, 4) is 11.5 Å². The second-order valence-corrected chi connectivity index (χ2v) is 7.16. The lowest BCUT2D eigenvalue weighted by atomic mass is 10.1. The van der Waals surface area contributed by atoms with E-state index < -0.39 is 0 Å². The SMILES string of the molecule is CCC(=O)c1ccc(OCc2ccccc2)c(I)c1OCc1ccccc1. The van der Waals surface area contributed by atoms with Gasteiger partial charge in [0.15, 0.2) is 5.78 Å². The van der Waals surface area contributed by atoms with Gasteiger partial charge in [-0.25, -0.2) is 0 Å². The summed E-state index contributed by atoms with van der Waals surface area (Å²) in [7, 11) is 0. The molecule has 0 N–H and O–H groups in total. The standard InChI is InChI=1S/C23H21IO3/c1-2-20(25)19-13-14-21(26-15-17-9-5-3-6-10-17)22(24)23(19)27-16-18-11-7-4-8-12-18/h3-14H,2,15-16H2,1H3. The van der Waals surface area contributed by atoms with Gasteiger partial charge in [-0.3, -0.25) is 4.79 Å². The Kier molecular flexibility index (Phi) is 6.87. The molecule has 0 saturated carbocycles. The maximum absolute atomic E-state index is 12.4. The first kappa shape index (κ1) is 19.4. The quantitative estimate of drug-likeness (QED) is 0.296. The summed E-state index contributed by atoms with van der Waals surface area (Å²) < 4.78 is 12.9. The van der Waals surface area contributed by atoms with Crippen molar-refractivity contribution < 1.29 is 14.3 Å². The Hall–Kier alpha value is -2.34. The molecule has 4 heteroatoms. The highest BCUT2D eigenvalue weighted by molar-refractivity contribution is 14.1. The maximum Gasteiger partial charge on any atom is 0.166 e. The van der Waals surface area contributed by atoms with Crippen molar-refractivity contribution in [2.45, 2.75) is 26.6 Å². The second kappa shape index (κ2) is 9.55. The minimum Gasteiger partial charge on any atom is -0.488 e. The minimum atomic E-state index is 0.0607. The van der Waals surface area contributed by atoms with E-state index in [1.165, 1.54) is 0 Å². The molecule has 3 nitrogen and oxygen atoms in total. The third kappa shape index (κ3) is 5.10. The zero-order valence-corrected chi connectivity index (χ0v) is 17.3. The topological polar surface area (TPSA) is 35.5 Å². The molecule has 0 heterocycles. The molecule has 0 unspecified atom stereocenters. The van der Waals surface area contributed by atoms with Crippen molar-refractivity contribution in [2.75, 3.05) is 0 Å². The van der Waals surface area contributed by atoms with Gasteiger partial charge in [0.2, 0.25) is 0 Å². The van der Waals surface area contributed by atoms with E-state index in [1.807, 2.05) is 73.7 Å². The van der Waals surface area contributed by atoms with E-state index in [4.69, 9.17) is 9.47 Å². The fraction of sp³-hybridized carbons (Fsp3) is 0.174. The molecule has 0 spiro atoms. The van der Waals surface area contributed by atoms with E-state index in [-0.39, 0.29) is 5.78 Å². The summed E-state index contributed by atoms with van der Waals surface area (Å²) in [5.74, 6) is 1.37. The van der Waals surface area contributed by atoms with E-state index in [0.29, 0.717) is 30.9 Å². The molecule has 3 rings (SSSR count). The van der Waals surface area contributed by atoms with E-state index >= 15 is 0 Å². The summed E-state index contributed by atoms with van der Waals surface area (Å²) in [6.07, 6.45) is 0.433. The molecule has 0 saturated heterocycles. The van der Waals surface area contributed by atoms with Crippen molar-refractivity contribution in [3.63, 3.8) is 0 Å². The molecular weight excluding hydrogens is 451 g/mol. The molecular formula is C23H21IO3. The number of hydrogen-bond acceptors (Lipinski definition) is 3. The average Bonchev–Trinajstić information content (AvgIpc) is 2.72. The van der Waals surface area contributed by atoms with Crippen LogP contribution in [0.3, 0.4) is 0 Å². The Labute approximate surface area is 173 Å². The number of Topliss-reactive ketones (excluding diaryl/α,β-unsaturated/α-hetero) is 1. The van der Waals surface area contributed by atoms with Gasteiger partial charge in [-0.2, -0.15) is 0 Å². The first-order valence-electron chi connectivity index (χ1n) is 8.88. The molecule has 0 aliphatic heterocycles. The Morgan fingerprint density at radius 1 is 0.815 bits per heavy atom. The molecule has 3 aromatic carbocycles. The van der Waals surface area contributed by atoms with Gasteiger partial charge in [0, 0.05) is 6.42 Å². The van der Waals surface area contributed by atoms with E-state index in [1.54, 1.807) is 6.07 Å². The fourth-order valence-corrected chi connectivity index (χ4v) is 3.45. The number of carbonyl (C=O) groups is 1. The van der Waals surface area contributed by atoms with E-state index in [2.05, 4.69) is 22.6 Å². The van der Waals surface area contributed by atoms with Crippen LogP contribution in [0.25, 0.3) is 0 Å². The first-order valence-corrected chi connectivity index (χ1v) is 9.96. The molecule has 0 aromatic heterocycles. The molecule has 0 bridgehead atoms. The highest BCUT2D eigenvalue weighted by Crippen LogP contribution is 2.35. The highest BCUT2D eigenvalue weighted by Gasteiger charge is 2.18. The Bertz CT molecular complexity index is 892. The average molecular weight is 472 g/mol. The summed E-state index contributed by atoms with van der Waals surface area (Å²) in [6, 6.07) is 23.6. The third-order valence-corrected chi connectivity index (χ3v) is 5.17. The van der Waals surface area contributed by atoms with Gasteiger partial charge in [0.1, 0.15) is 24.7 Å². The predicted molar refractivity (Wildman–Crippen MR) is 115 cm³/mol. The van der Waals surface area contributed by atoms with Crippen molar-refractivity contribution in [3.05, 3.63) is 93.1 Å². The van der Waals surface area contributed by atoms with Crippen LogP contribution in [0.4, 0.5) is 0 Å². The monoisotopic (exact) mass is 472 g/mol. The van der Waals surface area contributed by atoms with Crippen molar-refractivity contribution in [2.24, 2.45) is 0 Å². The molecule has 0 amide bonds. The lowest BCUT2D eigenvalue weighted by molar-refractivity contribution is 0.0983. The van der Waals surface area contributed by atoms with Gasteiger partial charge >= 0.3 is 0 Å². The first-order chi connectivity index (χ1) is 13.2. The van der Waals surface area contributed by atoms with Crippen LogP contribution in [-0.4, -0.2) is 5.78 Å². The zero-order valence-electron chi connectivity index (χ0n) is 15.2. The minimum absolute atomic E-state index is 0.0607. The van der Waals surface area contributed by atoms with Gasteiger partial charge in [-0.1, -0.05) is 67.6 Å². The van der Waals surface area contributed by atoms with Crippen LogP contribution in [0.15, 0.2) is 72.8 Å². The Balaban J connectivity index is 1.84. The van der Waals surface area contributed by atoms with Gasteiger partial charge in [0.05, 0.1) is 9.13 Å². The van der Waals surface area contributed by atoms with E-state index in [0.717, 1.165) is 20.4 Å². The molecule has 0 fully saturated rings. The number of rotatable bonds is 8. The van der Waals surface area contributed by atoms with Crippen molar-refractivity contribution in [1.82, 2.24) is 0 Å². The summed E-state index contributed by atoms with van der Waals surface area (Å²) in [6.45, 7) is 2.73. The molecule has 138 valence electrons. The number of ether oxygens (including phenoxy) is 2. The molecule has 0 aliphatic rings. The van der Waals surface area contributed by atoms with Crippen LogP contribution in [0.5, 0.6) is 11.5 Å². The number of benzene rings is 3. The fourth-order valence-electron chi connectivity index (χ4n) is 2.67. The Morgan fingerprint density at radius 2 is 1.37 bits per heavy atom. The van der Waals surface area contributed by atoms with E-state index in [9.17, 15) is 4.79 Å². The largest absolute Gasteiger partial charge is 0.488 e. The lowest BCUT2D eigenvalue weighted by Gasteiger charge is -2.16. The van der Waals surface area contributed by atoms with Crippen LogP contribution in [0, 0.1) is 3.57 Å². The maximum atomic E-state index is 12.4. The summed E-state index contributed by atoms with van der Waals surface area (Å²) in [4.78, 5) is 12.4. The highest BCUT2D eigenvalue weighted by atomic mass is 127. The number of carbonyl (C=O) groups excluding carboxylic acids is 1. The van der Waals surface area contributed by atoms with Crippen LogP contribution < -0.4 is 9.47 Å². The Morgan fingerprint density at radius 3 is 1.93 bits per heavy atom. The van der Waals surface area contributed by atoms with Crippen LogP contribution in [0.1, 0.15) is 34.8 Å². The molecule has 0 atom stereocenters. The van der Waals surface area contributed by atoms with Gasteiger partial charge in [0.25, 0.3) is 0 Å². The summed E-state index contributed by atoms with van der Waals surface area (Å²) in [5.41, 5.74) is 2.75. The van der Waals surface area contributed by atoms with Crippen LogP contribution >= 0.6 is 22.6 Å². The number of hydrogen-bond donors (Lipinski definition) is 0. The van der Waals surface area contributed by atoms with Gasteiger partial charge < -0.3 is 9.47 Å². The molecule has 0 radical (unpaired) electrons. The summed E-state index contributed by atoms with van der Waals surface area (Å²) in [5, 5.41) is 0. The van der Waals surface area contributed by atoms with Crippen LogP contribution in [0.2, 0.25) is 0 Å². The smallest absolute Gasteiger partial charge is 0.166 e. The van der Waals surface area contributed by atoms with Crippen LogP contribution in [-0.2, 0) is 13.2 Å². The van der Waals surface area contributed by atoms with Gasteiger partial charge in [-0.05, 0) is 45.9 Å². The van der Waals surface area contributed by atoms with Gasteiger partial charge in [-0.15, -0.1) is 0 Å². The lowest BCUT2D eigenvalue weighted by Crippen LogP contribution is -2.07. The number of halogens is 1. The second-order valence-electron chi connectivity index (χ2n) is 6.08. The molecule has 3 aromatic rings. The normalized spacial score (nSPS) is 10.4. The molecule has 0 aliphatic carbocycles. The zero-order chi connectivity index (χ0) is 19.1. The molecule has 27 heavy (non-hydrogen) atoms. The van der Waals surface area contributed by atoms with Crippen molar-refractivity contribution >= 4 is 28.4 Å².